The molecule has 3 atom stereocenters. The van der Waals surface area contributed by atoms with Crippen molar-refractivity contribution < 1.29 is 29.3 Å². The number of aliphatic hydroxyl groups is 1. The number of Topliss-reactive ketones (excluding diaryl/α,β-unsaturated/α-hetero) is 2. The minimum Gasteiger partial charge on any atom is -0.504 e. The van der Waals surface area contributed by atoms with Crippen molar-refractivity contribution in [1.29, 1.82) is 0 Å². The van der Waals surface area contributed by atoms with Crippen LogP contribution in [0.2, 0.25) is 0 Å². The highest BCUT2D eigenvalue weighted by atomic mass is 16.5. The summed E-state index contributed by atoms with van der Waals surface area (Å²) in [6.07, 6.45) is -0.848. The predicted octanol–water partition coefficient (Wildman–Crippen LogP) is 0.439. The van der Waals surface area contributed by atoms with Gasteiger partial charge in [0.05, 0.1) is 19.3 Å². The summed E-state index contributed by atoms with van der Waals surface area (Å²) < 4.78 is 5.04. The first-order valence-electron chi connectivity index (χ1n) is 7.18. The van der Waals surface area contributed by atoms with E-state index in [1.54, 1.807) is 0 Å². The van der Waals surface area contributed by atoms with E-state index in [2.05, 4.69) is 0 Å². The van der Waals surface area contributed by atoms with Gasteiger partial charge in [0.2, 0.25) is 5.78 Å². The number of aromatic hydroxyl groups is 1. The number of methoxy groups -OCH3 is 1. The summed E-state index contributed by atoms with van der Waals surface area (Å²) in [7, 11) is 1.37. The Morgan fingerprint density at radius 2 is 2.04 bits per heavy atom. The smallest absolute Gasteiger partial charge is 0.291 e. The van der Waals surface area contributed by atoms with Gasteiger partial charge < -0.3 is 19.8 Å². The Hall–Kier alpha value is -2.41. The normalized spacial score (nSPS) is 22.3. The lowest BCUT2D eigenvalue weighted by molar-refractivity contribution is -0.142. The Bertz CT molecular complexity index is 654. The van der Waals surface area contributed by atoms with Crippen molar-refractivity contribution in [3.8, 4) is 11.5 Å². The Labute approximate surface area is 133 Å². The number of aliphatic hydroxyl groups excluding tert-OH is 1. The summed E-state index contributed by atoms with van der Waals surface area (Å²) in [6, 6.07) is 3.56. The molecule has 124 valence electrons. The van der Waals surface area contributed by atoms with Crippen LogP contribution < -0.4 is 4.74 Å². The van der Waals surface area contributed by atoms with E-state index in [0.717, 1.165) is 0 Å². The van der Waals surface area contributed by atoms with Crippen LogP contribution in [-0.4, -0.2) is 52.3 Å². The molecule has 0 aliphatic carbocycles. The number of rotatable bonds is 5. The summed E-state index contributed by atoms with van der Waals surface area (Å²) in [4.78, 5) is 37.5. The van der Waals surface area contributed by atoms with Crippen LogP contribution in [0.25, 0.3) is 0 Å². The molecule has 3 unspecified atom stereocenters. The van der Waals surface area contributed by atoms with Gasteiger partial charge in [0.1, 0.15) is 11.7 Å². The number of hydrogen-bond acceptors (Lipinski definition) is 6. The number of ether oxygens (including phenoxy) is 1. The second-order valence-corrected chi connectivity index (χ2v) is 5.64. The Kier molecular flexibility index (Phi) is 4.70. The molecule has 1 aromatic rings. The fourth-order valence-corrected chi connectivity index (χ4v) is 2.86. The largest absolute Gasteiger partial charge is 0.504 e. The van der Waals surface area contributed by atoms with Gasteiger partial charge in [-0.1, -0.05) is 6.07 Å². The van der Waals surface area contributed by atoms with Gasteiger partial charge in [0.25, 0.3) is 5.91 Å². The summed E-state index contributed by atoms with van der Waals surface area (Å²) in [6.45, 7) is 2.68. The monoisotopic (exact) mass is 321 g/mol. The van der Waals surface area contributed by atoms with Crippen molar-refractivity contribution in [3.63, 3.8) is 0 Å². The molecule has 1 fully saturated rings. The van der Waals surface area contributed by atoms with Gasteiger partial charge >= 0.3 is 0 Å². The van der Waals surface area contributed by atoms with Gasteiger partial charge in [-0.2, -0.15) is 0 Å². The van der Waals surface area contributed by atoms with E-state index in [9.17, 15) is 24.6 Å². The van der Waals surface area contributed by atoms with Crippen LogP contribution in [0.3, 0.4) is 0 Å². The third-order valence-corrected chi connectivity index (χ3v) is 3.85. The molecule has 1 aromatic carbocycles. The van der Waals surface area contributed by atoms with Crippen molar-refractivity contribution in [2.45, 2.75) is 26.0 Å². The third kappa shape index (κ3) is 3.05. The van der Waals surface area contributed by atoms with Crippen LogP contribution in [0.1, 0.15) is 25.5 Å². The topological polar surface area (TPSA) is 104 Å². The average Bonchev–Trinajstić information content (AvgIpc) is 2.72. The number of hydrogen-bond donors (Lipinski definition) is 2. The van der Waals surface area contributed by atoms with E-state index in [-0.39, 0.29) is 18.0 Å². The quantitative estimate of drug-likeness (QED) is 0.602. The number of likely N-dealkylation sites (tertiary alicyclic amines) is 1. The Morgan fingerprint density at radius 3 is 2.57 bits per heavy atom. The van der Waals surface area contributed by atoms with Crippen molar-refractivity contribution >= 4 is 17.5 Å². The third-order valence-electron chi connectivity index (χ3n) is 3.85. The van der Waals surface area contributed by atoms with Gasteiger partial charge in [-0.15, -0.1) is 0 Å². The van der Waals surface area contributed by atoms with Crippen LogP contribution in [-0.2, 0) is 14.4 Å². The lowest BCUT2D eigenvalue weighted by atomic mass is 9.89. The molecule has 2 rings (SSSR count). The summed E-state index contributed by atoms with van der Waals surface area (Å²) in [5.41, 5.74) is 0.486. The summed E-state index contributed by atoms with van der Waals surface area (Å²) >= 11 is 0. The highest BCUT2D eigenvalue weighted by Gasteiger charge is 2.50. The molecule has 1 aliphatic heterocycles. The molecule has 1 aliphatic rings. The molecule has 1 saturated heterocycles. The molecule has 1 heterocycles. The van der Waals surface area contributed by atoms with Crippen molar-refractivity contribution in [2.75, 3.05) is 13.7 Å². The zero-order valence-corrected chi connectivity index (χ0v) is 13.1. The first-order valence-corrected chi connectivity index (χ1v) is 7.18. The molecule has 7 heteroatoms. The maximum Gasteiger partial charge on any atom is 0.291 e. The molecule has 0 spiro atoms. The van der Waals surface area contributed by atoms with Crippen LogP contribution in [0.4, 0.5) is 0 Å². The molecular weight excluding hydrogens is 302 g/mol. The maximum atomic E-state index is 12.2. The number of amides is 1. The number of β-amino-alcohol motifs (C(OH)–C–C–N with tert-alkyl or cyclic N) is 1. The number of phenols is 1. The second kappa shape index (κ2) is 6.37. The number of carbonyl (C=O) groups is 3. The number of carbonyl (C=O) groups excluding carboxylic acids is 3. The van der Waals surface area contributed by atoms with E-state index in [0.29, 0.717) is 5.56 Å². The highest BCUT2D eigenvalue weighted by Crippen LogP contribution is 2.39. The molecule has 0 bridgehead atoms. The minimum absolute atomic E-state index is 0.0673. The van der Waals surface area contributed by atoms with Crippen LogP contribution in [0.5, 0.6) is 11.5 Å². The highest BCUT2D eigenvalue weighted by molar-refractivity contribution is 6.42. The number of benzene rings is 1. The van der Waals surface area contributed by atoms with E-state index < -0.39 is 35.5 Å². The summed E-state index contributed by atoms with van der Waals surface area (Å²) in [5.74, 6) is -3.04. The fraction of sp³-hybridized carbons (Fsp3) is 0.438. The Balaban J connectivity index is 2.54. The zero-order valence-electron chi connectivity index (χ0n) is 13.1. The lowest BCUT2D eigenvalue weighted by Crippen LogP contribution is -2.36. The van der Waals surface area contributed by atoms with Crippen LogP contribution in [0, 0.1) is 5.92 Å². The maximum absolute atomic E-state index is 12.2. The molecule has 7 nitrogen and oxygen atoms in total. The lowest BCUT2D eigenvalue weighted by Gasteiger charge is -2.28. The first kappa shape index (κ1) is 17.0. The van der Waals surface area contributed by atoms with E-state index in [4.69, 9.17) is 4.74 Å². The van der Waals surface area contributed by atoms with Crippen molar-refractivity contribution in [3.05, 3.63) is 23.8 Å². The number of ketones is 2. The second-order valence-electron chi connectivity index (χ2n) is 5.64. The van der Waals surface area contributed by atoms with Gasteiger partial charge in [-0.25, -0.2) is 0 Å². The van der Waals surface area contributed by atoms with E-state index >= 15 is 0 Å². The molecular formula is C16H19NO6. The molecule has 1 amide bonds. The van der Waals surface area contributed by atoms with E-state index in [1.165, 1.54) is 44.1 Å². The molecule has 0 aromatic heterocycles. The molecule has 0 radical (unpaired) electrons. The minimum atomic E-state index is -1.13. The first-order chi connectivity index (χ1) is 10.8. The molecule has 23 heavy (non-hydrogen) atoms. The average molecular weight is 321 g/mol. The SMILES string of the molecule is COc1cc(C2C(C(C)=O)C(=O)C(=O)N2CC(C)O)ccc1O. The Morgan fingerprint density at radius 1 is 1.39 bits per heavy atom. The van der Waals surface area contributed by atoms with Crippen LogP contribution in [0.15, 0.2) is 18.2 Å². The standard InChI is InChI=1S/C16H19NO6/c1-8(18)7-17-14(13(9(2)19)15(21)16(17)22)10-4-5-11(20)12(6-10)23-3/h4-6,8,13-14,18,20H,7H2,1-3H3. The van der Waals surface area contributed by atoms with E-state index in [1.807, 2.05) is 0 Å². The predicted molar refractivity (Wildman–Crippen MR) is 80.0 cm³/mol. The van der Waals surface area contributed by atoms with Gasteiger partial charge in [0.15, 0.2) is 11.5 Å². The van der Waals surface area contributed by atoms with Crippen LogP contribution >= 0.6 is 0 Å². The number of phenolic OH excluding ortho intramolecular Hbond substituents is 1. The molecule has 2 N–H and O–H groups in total. The summed E-state index contributed by atoms with van der Waals surface area (Å²) in [5, 5.41) is 19.3. The zero-order chi connectivity index (χ0) is 17.3. The van der Waals surface area contributed by atoms with Crippen molar-refractivity contribution in [1.82, 2.24) is 4.90 Å². The van der Waals surface area contributed by atoms with Gasteiger partial charge in [-0.05, 0) is 31.5 Å². The molecule has 0 saturated carbocycles. The van der Waals surface area contributed by atoms with Gasteiger partial charge in [-0.3, -0.25) is 14.4 Å². The number of nitrogens with zero attached hydrogens (tertiary/aromatic N) is 1. The van der Waals surface area contributed by atoms with Crippen molar-refractivity contribution in [2.24, 2.45) is 5.92 Å². The van der Waals surface area contributed by atoms with Gasteiger partial charge in [0, 0.05) is 6.54 Å². The fourth-order valence-electron chi connectivity index (χ4n) is 2.86.